The van der Waals surface area contributed by atoms with Gasteiger partial charge in [0.15, 0.2) is 5.12 Å². The molecule has 18 heavy (non-hydrogen) atoms. The number of thioether (sulfide) groups is 1. The zero-order valence-electron chi connectivity index (χ0n) is 9.85. The maximum atomic E-state index is 11.9. The average Bonchev–Trinajstić information content (AvgIpc) is 2.58. The number of nitrogen functional groups attached to an aromatic ring is 1. The van der Waals surface area contributed by atoms with Gasteiger partial charge in [-0.25, -0.2) is 0 Å². The van der Waals surface area contributed by atoms with Crippen LogP contribution < -0.4 is 10.6 Å². The highest BCUT2D eigenvalue weighted by Crippen LogP contribution is 2.33. The average molecular weight is 329 g/mol. The van der Waals surface area contributed by atoms with Gasteiger partial charge < -0.3 is 10.6 Å². The predicted molar refractivity (Wildman–Crippen MR) is 77.6 cm³/mol. The van der Waals surface area contributed by atoms with Gasteiger partial charge in [-0.05, 0) is 18.2 Å². The number of hydrogen-bond acceptors (Lipinski definition) is 4. The number of hydrogen-bond donors (Lipinski definition) is 1. The maximum Gasteiger partial charge on any atom is 0.228 e. The minimum atomic E-state index is 0.0165. The number of carbonyl (C=O) groups is 2. The first-order chi connectivity index (χ1) is 8.47. The molecule has 0 bridgehead atoms. The number of halogens is 1. The molecule has 2 N–H and O–H groups in total. The Balaban J connectivity index is 2.19. The van der Waals surface area contributed by atoms with Gasteiger partial charge in [-0.15, -0.1) is 0 Å². The molecule has 1 aromatic carbocycles. The van der Waals surface area contributed by atoms with E-state index in [9.17, 15) is 9.59 Å². The van der Waals surface area contributed by atoms with E-state index in [0.29, 0.717) is 18.7 Å². The van der Waals surface area contributed by atoms with Crippen molar-refractivity contribution in [1.82, 2.24) is 0 Å². The van der Waals surface area contributed by atoms with Crippen molar-refractivity contribution in [2.45, 2.75) is 18.6 Å². The Morgan fingerprint density at radius 3 is 2.89 bits per heavy atom. The standard InChI is InChI=1S/C12H13BrN2O2S/c1-7(16)18-9-5-12(17)15(6-9)11-3-2-8(13)4-10(11)14/h2-4,9H,5-6,14H2,1H3. The molecule has 1 aliphatic rings. The van der Waals surface area contributed by atoms with Gasteiger partial charge in [0, 0.05) is 29.6 Å². The highest BCUT2D eigenvalue weighted by Gasteiger charge is 2.32. The molecule has 1 unspecified atom stereocenters. The fourth-order valence-electron chi connectivity index (χ4n) is 1.99. The topological polar surface area (TPSA) is 63.4 Å². The molecule has 0 saturated carbocycles. The maximum absolute atomic E-state index is 11.9. The van der Waals surface area contributed by atoms with Crippen LogP contribution in [0.4, 0.5) is 11.4 Å². The third kappa shape index (κ3) is 2.87. The van der Waals surface area contributed by atoms with Gasteiger partial charge in [0.2, 0.25) is 5.91 Å². The van der Waals surface area contributed by atoms with Crippen molar-refractivity contribution in [3.63, 3.8) is 0 Å². The van der Waals surface area contributed by atoms with Crippen molar-refractivity contribution in [2.75, 3.05) is 17.2 Å². The van der Waals surface area contributed by atoms with E-state index in [-0.39, 0.29) is 16.3 Å². The second-order valence-electron chi connectivity index (χ2n) is 4.14. The van der Waals surface area contributed by atoms with Gasteiger partial charge in [0.25, 0.3) is 0 Å². The number of nitrogens with zero attached hydrogens (tertiary/aromatic N) is 1. The molecular weight excluding hydrogens is 316 g/mol. The number of rotatable bonds is 2. The third-order valence-corrected chi connectivity index (χ3v) is 4.18. The number of anilines is 2. The Bertz CT molecular complexity index is 507. The molecule has 96 valence electrons. The molecule has 6 heteroatoms. The fraction of sp³-hybridized carbons (Fsp3) is 0.333. The lowest BCUT2D eigenvalue weighted by Crippen LogP contribution is -2.25. The van der Waals surface area contributed by atoms with E-state index in [1.807, 2.05) is 12.1 Å². The van der Waals surface area contributed by atoms with Gasteiger partial charge in [-0.2, -0.15) is 0 Å². The summed E-state index contributed by atoms with van der Waals surface area (Å²) in [4.78, 5) is 24.7. The number of nitrogens with two attached hydrogens (primary N) is 1. The van der Waals surface area contributed by atoms with Crippen LogP contribution in [0.2, 0.25) is 0 Å². The number of amides is 1. The third-order valence-electron chi connectivity index (χ3n) is 2.70. The largest absolute Gasteiger partial charge is 0.397 e. The summed E-state index contributed by atoms with van der Waals surface area (Å²) in [5, 5.41) is 0.0662. The van der Waals surface area contributed by atoms with E-state index in [1.54, 1.807) is 11.0 Å². The van der Waals surface area contributed by atoms with Crippen LogP contribution in [-0.2, 0) is 9.59 Å². The molecule has 1 atom stereocenters. The minimum Gasteiger partial charge on any atom is -0.397 e. The normalized spacial score (nSPS) is 19.3. The van der Waals surface area contributed by atoms with E-state index >= 15 is 0 Å². The second-order valence-corrected chi connectivity index (χ2v) is 6.54. The lowest BCUT2D eigenvalue weighted by molar-refractivity contribution is -0.117. The molecule has 4 nitrogen and oxygen atoms in total. The number of benzene rings is 1. The Hall–Kier alpha value is -1.01. The van der Waals surface area contributed by atoms with Gasteiger partial charge >= 0.3 is 0 Å². The quantitative estimate of drug-likeness (QED) is 0.847. The second kappa shape index (κ2) is 5.32. The van der Waals surface area contributed by atoms with Crippen molar-refractivity contribution < 1.29 is 9.59 Å². The molecule has 0 aromatic heterocycles. The zero-order valence-corrected chi connectivity index (χ0v) is 12.3. The van der Waals surface area contributed by atoms with E-state index in [2.05, 4.69) is 15.9 Å². The minimum absolute atomic E-state index is 0.0165. The first kappa shape index (κ1) is 13.4. The Kier molecular flexibility index (Phi) is 3.97. The lowest BCUT2D eigenvalue weighted by atomic mass is 10.2. The summed E-state index contributed by atoms with van der Waals surface area (Å²) < 4.78 is 0.880. The molecule has 1 aromatic rings. The first-order valence-electron chi connectivity index (χ1n) is 5.50. The molecule has 1 fully saturated rings. The van der Waals surface area contributed by atoms with Gasteiger partial charge in [-0.1, -0.05) is 27.7 Å². The van der Waals surface area contributed by atoms with Gasteiger partial charge in [-0.3, -0.25) is 9.59 Å². The predicted octanol–water partition coefficient (Wildman–Crippen LogP) is 2.42. The van der Waals surface area contributed by atoms with Gasteiger partial charge in [0.1, 0.15) is 0 Å². The Labute approximate surface area is 118 Å². The van der Waals surface area contributed by atoms with E-state index in [1.165, 1.54) is 18.7 Å². The smallest absolute Gasteiger partial charge is 0.228 e. The SMILES string of the molecule is CC(=O)SC1CC(=O)N(c2ccc(Br)cc2N)C1. The van der Waals surface area contributed by atoms with Crippen molar-refractivity contribution in [3.05, 3.63) is 22.7 Å². The molecule has 0 radical (unpaired) electrons. The Morgan fingerprint density at radius 1 is 1.56 bits per heavy atom. The highest BCUT2D eigenvalue weighted by atomic mass is 79.9. The summed E-state index contributed by atoms with van der Waals surface area (Å²) in [5.74, 6) is 0.0165. The monoisotopic (exact) mass is 328 g/mol. The zero-order chi connectivity index (χ0) is 13.3. The van der Waals surface area contributed by atoms with Crippen LogP contribution in [0, 0.1) is 0 Å². The van der Waals surface area contributed by atoms with Crippen LogP contribution in [0.25, 0.3) is 0 Å². The molecule has 1 aliphatic heterocycles. The molecule has 0 aliphatic carbocycles. The number of carbonyl (C=O) groups excluding carboxylic acids is 2. The van der Waals surface area contributed by atoms with Crippen LogP contribution in [0.3, 0.4) is 0 Å². The molecular formula is C12H13BrN2O2S. The van der Waals surface area contributed by atoms with Crippen molar-refractivity contribution in [1.29, 1.82) is 0 Å². The van der Waals surface area contributed by atoms with Crippen LogP contribution in [-0.4, -0.2) is 22.8 Å². The highest BCUT2D eigenvalue weighted by molar-refractivity contribution is 9.10. The summed E-state index contributed by atoms with van der Waals surface area (Å²) in [7, 11) is 0. The summed E-state index contributed by atoms with van der Waals surface area (Å²) >= 11 is 4.55. The summed E-state index contributed by atoms with van der Waals surface area (Å²) in [5.41, 5.74) is 7.19. The van der Waals surface area contributed by atoms with E-state index in [4.69, 9.17) is 5.73 Å². The molecule has 1 amide bonds. The van der Waals surface area contributed by atoms with Crippen LogP contribution >= 0.6 is 27.7 Å². The lowest BCUT2D eigenvalue weighted by Gasteiger charge is -2.18. The van der Waals surface area contributed by atoms with Crippen LogP contribution in [0.5, 0.6) is 0 Å². The van der Waals surface area contributed by atoms with Crippen molar-refractivity contribution in [2.24, 2.45) is 0 Å². The summed E-state index contributed by atoms with van der Waals surface area (Å²) in [6.07, 6.45) is 0.389. The summed E-state index contributed by atoms with van der Waals surface area (Å²) in [6, 6.07) is 5.44. The molecule has 0 spiro atoms. The molecule has 2 rings (SSSR count). The molecule has 1 saturated heterocycles. The molecule has 1 heterocycles. The van der Waals surface area contributed by atoms with Gasteiger partial charge in [0.05, 0.1) is 11.4 Å². The van der Waals surface area contributed by atoms with Crippen LogP contribution in [0.15, 0.2) is 22.7 Å². The Morgan fingerprint density at radius 2 is 2.28 bits per heavy atom. The van der Waals surface area contributed by atoms with Crippen LogP contribution in [0.1, 0.15) is 13.3 Å². The first-order valence-corrected chi connectivity index (χ1v) is 7.17. The van der Waals surface area contributed by atoms with E-state index < -0.39 is 0 Å². The van der Waals surface area contributed by atoms with E-state index in [0.717, 1.165) is 10.2 Å². The van der Waals surface area contributed by atoms with Crippen molar-refractivity contribution in [3.8, 4) is 0 Å². The summed E-state index contributed by atoms with van der Waals surface area (Å²) in [6.45, 7) is 2.06. The van der Waals surface area contributed by atoms with Crippen molar-refractivity contribution >= 4 is 50.1 Å². The fourth-order valence-corrected chi connectivity index (χ4v) is 3.29.